The van der Waals surface area contributed by atoms with Gasteiger partial charge in [-0.25, -0.2) is 0 Å². The Kier molecular flexibility index (Phi) is 5.88. The van der Waals surface area contributed by atoms with Gasteiger partial charge in [-0.1, -0.05) is 84.3 Å². The van der Waals surface area contributed by atoms with Crippen LogP contribution in [-0.2, 0) is 0 Å². The number of anilines is 2. The van der Waals surface area contributed by atoms with Gasteiger partial charge in [0.25, 0.3) is 0 Å². The molecule has 0 saturated carbocycles. The highest BCUT2D eigenvalue weighted by Gasteiger charge is 2.19. The molecule has 0 atom stereocenters. The molecular formula is C36H28N2. The molecule has 2 nitrogen and oxygen atoms in total. The normalized spacial score (nSPS) is 10.7. The summed E-state index contributed by atoms with van der Waals surface area (Å²) >= 11 is 0. The van der Waals surface area contributed by atoms with Crippen LogP contribution < -0.4 is 9.80 Å². The van der Waals surface area contributed by atoms with Crippen LogP contribution in [0.3, 0.4) is 0 Å². The summed E-state index contributed by atoms with van der Waals surface area (Å²) in [5, 5.41) is 7.29. The van der Waals surface area contributed by atoms with Crippen LogP contribution in [0.15, 0.2) is 97.1 Å². The van der Waals surface area contributed by atoms with Gasteiger partial charge in [0.05, 0.1) is 0 Å². The summed E-state index contributed by atoms with van der Waals surface area (Å²) in [5.74, 6) is 13.8. The van der Waals surface area contributed by atoms with Gasteiger partial charge in [0.2, 0.25) is 0 Å². The van der Waals surface area contributed by atoms with E-state index in [-0.39, 0.29) is 0 Å². The van der Waals surface area contributed by atoms with Crippen LogP contribution in [-0.4, -0.2) is 28.2 Å². The van der Waals surface area contributed by atoms with Gasteiger partial charge in [0.15, 0.2) is 0 Å². The molecule has 0 aliphatic carbocycles. The number of rotatable bonds is 2. The van der Waals surface area contributed by atoms with Crippen LogP contribution in [0.5, 0.6) is 0 Å². The summed E-state index contributed by atoms with van der Waals surface area (Å²) in [7, 11) is 8.40. The maximum Gasteiger partial charge on any atom is 0.0453 e. The zero-order valence-corrected chi connectivity index (χ0v) is 22.1. The quantitative estimate of drug-likeness (QED) is 0.184. The molecule has 0 unspecified atom stereocenters. The third-order valence-electron chi connectivity index (χ3n) is 7.05. The van der Waals surface area contributed by atoms with Gasteiger partial charge in [0.1, 0.15) is 0 Å². The molecule has 2 heteroatoms. The van der Waals surface area contributed by atoms with Gasteiger partial charge in [-0.05, 0) is 47.2 Å². The van der Waals surface area contributed by atoms with Crippen molar-refractivity contribution in [3.05, 3.63) is 119 Å². The summed E-state index contributed by atoms with van der Waals surface area (Å²) in [6.45, 7) is 0. The fourth-order valence-electron chi connectivity index (χ4n) is 5.22. The lowest BCUT2D eigenvalue weighted by Crippen LogP contribution is -2.11. The summed E-state index contributed by atoms with van der Waals surface area (Å²) < 4.78 is 0. The van der Waals surface area contributed by atoms with Crippen LogP contribution in [0.1, 0.15) is 22.3 Å². The van der Waals surface area contributed by atoms with Crippen LogP contribution in [0.2, 0.25) is 0 Å². The van der Waals surface area contributed by atoms with Crippen molar-refractivity contribution in [3.63, 3.8) is 0 Å². The summed E-state index contributed by atoms with van der Waals surface area (Å²) in [4.78, 5) is 4.37. The van der Waals surface area contributed by atoms with Crippen molar-refractivity contribution in [2.24, 2.45) is 0 Å². The zero-order chi connectivity index (χ0) is 26.2. The Hall–Kier alpha value is -4.92. The van der Waals surface area contributed by atoms with E-state index in [9.17, 15) is 0 Å². The molecule has 0 saturated heterocycles. The van der Waals surface area contributed by atoms with E-state index in [1.807, 2.05) is 36.4 Å². The maximum atomic E-state index is 3.49. The predicted octanol–water partition coefficient (Wildman–Crippen LogP) is 7.52. The minimum absolute atomic E-state index is 1.01. The van der Waals surface area contributed by atoms with Crippen molar-refractivity contribution < 1.29 is 0 Å². The third-order valence-corrected chi connectivity index (χ3v) is 7.05. The van der Waals surface area contributed by atoms with E-state index in [4.69, 9.17) is 0 Å². The van der Waals surface area contributed by atoms with Gasteiger partial charge < -0.3 is 9.80 Å². The van der Waals surface area contributed by atoms with Crippen molar-refractivity contribution in [3.8, 4) is 23.7 Å². The lowest BCUT2D eigenvalue weighted by Gasteiger charge is -2.23. The second-order valence-corrected chi connectivity index (χ2v) is 9.98. The second kappa shape index (κ2) is 9.51. The van der Waals surface area contributed by atoms with E-state index >= 15 is 0 Å². The Morgan fingerprint density at radius 1 is 0.421 bits per heavy atom. The van der Waals surface area contributed by atoms with Crippen LogP contribution >= 0.6 is 0 Å². The molecule has 0 fully saturated rings. The molecule has 0 heterocycles. The first-order valence-electron chi connectivity index (χ1n) is 12.8. The molecular weight excluding hydrogens is 460 g/mol. The minimum atomic E-state index is 1.01. The average molecular weight is 489 g/mol. The smallest absolute Gasteiger partial charge is 0.0453 e. The highest BCUT2D eigenvalue weighted by Crippen LogP contribution is 2.44. The van der Waals surface area contributed by atoms with Crippen molar-refractivity contribution >= 4 is 43.7 Å². The zero-order valence-electron chi connectivity index (χ0n) is 22.1. The average Bonchev–Trinajstić information content (AvgIpc) is 2.94. The predicted molar refractivity (Wildman–Crippen MR) is 164 cm³/mol. The Labute approximate surface area is 224 Å². The summed E-state index contributed by atoms with van der Waals surface area (Å²) in [6.07, 6.45) is 0. The highest BCUT2D eigenvalue weighted by atomic mass is 15.1. The SMILES string of the molecule is CN(C)c1cc(C#Cc2ccccc2)c2ccc3c(C#Cc4ccccc4)cc(N(C)C)c4ccc1c2c34. The molecule has 0 N–H and O–H groups in total. The molecule has 0 amide bonds. The molecule has 6 rings (SSSR count). The standard InChI is InChI=1S/C36H28N2/c1-37(2)33-23-27(17-15-25-11-7-5-8-12-25)29-19-20-30-28(18-16-26-13-9-6-10-14-26)24-34(38(3)4)32-22-21-31(33)35(29)36(30)32/h5-14,19-24H,1-4H3. The molecule has 0 spiro atoms. The number of hydrogen-bond acceptors (Lipinski definition) is 2. The van der Waals surface area contributed by atoms with E-state index < -0.39 is 0 Å². The van der Waals surface area contributed by atoms with Crippen molar-refractivity contribution in [2.45, 2.75) is 0 Å². The van der Waals surface area contributed by atoms with Crippen LogP contribution in [0.25, 0.3) is 32.3 Å². The van der Waals surface area contributed by atoms with Gasteiger partial charge >= 0.3 is 0 Å². The fraction of sp³-hybridized carbons (Fsp3) is 0.111. The molecule has 0 aliphatic heterocycles. The topological polar surface area (TPSA) is 6.48 Å². The van der Waals surface area contributed by atoms with E-state index in [1.54, 1.807) is 0 Å². The Bertz CT molecular complexity index is 1770. The Morgan fingerprint density at radius 2 is 0.789 bits per heavy atom. The lowest BCUT2D eigenvalue weighted by molar-refractivity contribution is 1.14. The first-order chi connectivity index (χ1) is 18.5. The highest BCUT2D eigenvalue weighted by molar-refractivity contribution is 6.29. The monoisotopic (exact) mass is 488 g/mol. The van der Waals surface area contributed by atoms with Gasteiger partial charge in [-0.15, -0.1) is 0 Å². The number of hydrogen-bond donors (Lipinski definition) is 0. The molecule has 0 aliphatic rings. The largest absolute Gasteiger partial charge is 0.377 e. The van der Waals surface area contributed by atoms with Crippen LogP contribution in [0.4, 0.5) is 11.4 Å². The fourth-order valence-corrected chi connectivity index (χ4v) is 5.22. The summed E-state index contributed by atoms with van der Waals surface area (Å²) in [5.41, 5.74) is 6.42. The molecule has 182 valence electrons. The van der Waals surface area contributed by atoms with Crippen LogP contribution in [0, 0.1) is 23.7 Å². The first kappa shape index (κ1) is 23.5. The summed E-state index contributed by atoms with van der Waals surface area (Å²) in [6, 6.07) is 33.8. The molecule has 38 heavy (non-hydrogen) atoms. The van der Waals surface area contributed by atoms with E-state index in [0.29, 0.717) is 0 Å². The molecule has 6 aromatic rings. The second-order valence-electron chi connectivity index (χ2n) is 9.98. The number of benzene rings is 6. The lowest BCUT2D eigenvalue weighted by atomic mass is 9.88. The first-order valence-corrected chi connectivity index (χ1v) is 12.8. The van der Waals surface area contributed by atoms with E-state index in [2.05, 4.69) is 122 Å². The third kappa shape index (κ3) is 4.07. The minimum Gasteiger partial charge on any atom is -0.377 e. The molecule has 0 radical (unpaired) electrons. The van der Waals surface area contributed by atoms with Crippen molar-refractivity contribution in [2.75, 3.05) is 38.0 Å². The number of nitrogens with zero attached hydrogens (tertiary/aromatic N) is 2. The van der Waals surface area contributed by atoms with Gasteiger partial charge in [-0.3, -0.25) is 0 Å². The van der Waals surface area contributed by atoms with Crippen molar-refractivity contribution in [1.29, 1.82) is 0 Å². The molecule has 0 bridgehead atoms. The Morgan fingerprint density at radius 3 is 1.16 bits per heavy atom. The molecule has 6 aromatic carbocycles. The molecule has 0 aromatic heterocycles. The van der Waals surface area contributed by atoms with Gasteiger partial charge in [-0.2, -0.15) is 0 Å². The maximum absolute atomic E-state index is 3.49. The van der Waals surface area contributed by atoms with Crippen molar-refractivity contribution in [1.82, 2.24) is 0 Å². The van der Waals surface area contributed by atoms with Gasteiger partial charge in [0, 0.05) is 83.4 Å². The van der Waals surface area contributed by atoms with E-state index in [0.717, 1.165) is 33.6 Å². The van der Waals surface area contributed by atoms with E-state index in [1.165, 1.54) is 32.3 Å². The Balaban J connectivity index is 1.70.